The molecule has 0 aromatic heterocycles. The summed E-state index contributed by atoms with van der Waals surface area (Å²) < 4.78 is 47.7. The van der Waals surface area contributed by atoms with Gasteiger partial charge in [-0.15, -0.1) is 0 Å². The van der Waals surface area contributed by atoms with E-state index in [4.69, 9.17) is 0 Å². The van der Waals surface area contributed by atoms with Gasteiger partial charge in [0.2, 0.25) is 0 Å². The summed E-state index contributed by atoms with van der Waals surface area (Å²) in [4.78, 5) is 0. The molecule has 0 aliphatic heterocycles. The average molecular weight is 279 g/mol. The molecule has 1 aromatic rings. The van der Waals surface area contributed by atoms with E-state index in [1.165, 1.54) is 12.1 Å². The molecule has 102 valence electrons. The van der Waals surface area contributed by atoms with Crippen molar-refractivity contribution in [3.05, 3.63) is 35.4 Å². The zero-order valence-corrected chi connectivity index (χ0v) is 10.9. The van der Waals surface area contributed by atoms with Crippen molar-refractivity contribution >= 4 is 10.8 Å². The van der Waals surface area contributed by atoms with Crippen molar-refractivity contribution in [2.75, 3.05) is 18.6 Å². The lowest BCUT2D eigenvalue weighted by molar-refractivity contribution is -0.137. The molecule has 0 saturated carbocycles. The number of halogens is 3. The molecule has 2 nitrogen and oxygen atoms in total. The van der Waals surface area contributed by atoms with Gasteiger partial charge in [-0.05, 0) is 30.7 Å². The first-order valence-electron chi connectivity index (χ1n) is 5.56. The minimum absolute atomic E-state index is 0.522. The van der Waals surface area contributed by atoms with Crippen LogP contribution in [0.3, 0.4) is 0 Å². The van der Waals surface area contributed by atoms with E-state index in [0.29, 0.717) is 18.8 Å². The Morgan fingerprint density at radius 2 is 1.83 bits per heavy atom. The molecule has 0 saturated heterocycles. The van der Waals surface area contributed by atoms with Gasteiger partial charge in [0.1, 0.15) is 0 Å². The third kappa shape index (κ3) is 5.64. The Balaban J connectivity index is 2.33. The minimum Gasteiger partial charge on any atom is -0.313 e. The molecule has 1 unspecified atom stereocenters. The summed E-state index contributed by atoms with van der Waals surface area (Å²) in [6.07, 6.45) is -1.84. The van der Waals surface area contributed by atoms with Gasteiger partial charge in [0.15, 0.2) is 0 Å². The van der Waals surface area contributed by atoms with Gasteiger partial charge >= 0.3 is 6.18 Å². The van der Waals surface area contributed by atoms with Crippen LogP contribution in [-0.2, 0) is 23.5 Å². The van der Waals surface area contributed by atoms with Crippen LogP contribution < -0.4 is 5.32 Å². The average Bonchev–Trinajstić information content (AvgIpc) is 2.27. The standard InChI is InChI=1S/C12H16F3NOS/c1-18(17)8-2-7-16-9-10-3-5-11(6-4-10)12(13,14)15/h3-6,16H,2,7-9H2,1H3. The van der Waals surface area contributed by atoms with E-state index < -0.39 is 22.5 Å². The second-order valence-corrected chi connectivity index (χ2v) is 5.56. The largest absolute Gasteiger partial charge is 0.416 e. The van der Waals surface area contributed by atoms with E-state index in [0.717, 1.165) is 24.1 Å². The second-order valence-electron chi connectivity index (χ2n) is 4.00. The van der Waals surface area contributed by atoms with E-state index in [1.54, 1.807) is 6.26 Å². The zero-order chi connectivity index (χ0) is 13.6. The third-order valence-electron chi connectivity index (χ3n) is 2.40. The molecule has 0 radical (unpaired) electrons. The van der Waals surface area contributed by atoms with Crippen molar-refractivity contribution < 1.29 is 17.4 Å². The number of nitrogens with one attached hydrogen (secondary N) is 1. The molecule has 1 aromatic carbocycles. The van der Waals surface area contributed by atoms with Gasteiger partial charge in [-0.25, -0.2) is 0 Å². The fourth-order valence-corrected chi connectivity index (χ4v) is 2.00. The molecular formula is C12H16F3NOS. The molecule has 1 N–H and O–H groups in total. The normalized spacial score (nSPS) is 13.6. The Bertz CT molecular complexity index is 389. The van der Waals surface area contributed by atoms with Gasteiger partial charge in [0.05, 0.1) is 5.56 Å². The van der Waals surface area contributed by atoms with Crippen molar-refractivity contribution in [3.8, 4) is 0 Å². The number of benzene rings is 1. The number of alkyl halides is 3. The fourth-order valence-electron chi connectivity index (χ4n) is 1.44. The highest BCUT2D eigenvalue weighted by molar-refractivity contribution is 7.84. The molecule has 0 aliphatic carbocycles. The Hall–Kier alpha value is -0.880. The predicted octanol–water partition coefficient (Wildman–Crippen LogP) is 2.56. The van der Waals surface area contributed by atoms with Crippen LogP contribution in [0.25, 0.3) is 0 Å². The predicted molar refractivity (Wildman–Crippen MR) is 66.7 cm³/mol. The van der Waals surface area contributed by atoms with Crippen LogP contribution in [0.1, 0.15) is 17.5 Å². The lowest BCUT2D eigenvalue weighted by atomic mass is 10.1. The maximum atomic E-state index is 12.3. The van der Waals surface area contributed by atoms with E-state index >= 15 is 0 Å². The van der Waals surface area contributed by atoms with Gasteiger partial charge in [0.25, 0.3) is 0 Å². The number of rotatable bonds is 6. The highest BCUT2D eigenvalue weighted by Crippen LogP contribution is 2.28. The molecule has 6 heteroatoms. The third-order valence-corrected chi connectivity index (χ3v) is 3.26. The van der Waals surface area contributed by atoms with E-state index in [2.05, 4.69) is 5.32 Å². The molecule has 18 heavy (non-hydrogen) atoms. The first kappa shape index (κ1) is 15.2. The van der Waals surface area contributed by atoms with Gasteiger partial charge in [-0.3, -0.25) is 4.21 Å². The molecule has 0 fully saturated rings. The summed E-state index contributed by atoms with van der Waals surface area (Å²) >= 11 is 0. The van der Waals surface area contributed by atoms with Crippen LogP contribution in [0.4, 0.5) is 13.2 Å². The quantitative estimate of drug-likeness (QED) is 0.811. The van der Waals surface area contributed by atoms with Crippen LogP contribution in [0, 0.1) is 0 Å². The van der Waals surface area contributed by atoms with Crippen LogP contribution in [-0.4, -0.2) is 22.8 Å². The van der Waals surface area contributed by atoms with Crippen molar-refractivity contribution in [2.24, 2.45) is 0 Å². The van der Waals surface area contributed by atoms with E-state index in [-0.39, 0.29) is 0 Å². The first-order chi connectivity index (χ1) is 8.39. The minimum atomic E-state index is -4.28. The second kappa shape index (κ2) is 6.89. The van der Waals surface area contributed by atoms with Crippen LogP contribution in [0.2, 0.25) is 0 Å². The molecule has 0 amide bonds. The summed E-state index contributed by atoms with van der Waals surface area (Å²) in [6, 6.07) is 5.10. The van der Waals surface area contributed by atoms with E-state index in [9.17, 15) is 17.4 Å². The van der Waals surface area contributed by atoms with Gasteiger partial charge in [-0.1, -0.05) is 12.1 Å². The maximum Gasteiger partial charge on any atom is 0.416 e. The summed E-state index contributed by atoms with van der Waals surface area (Å²) in [7, 11) is -0.792. The summed E-state index contributed by atoms with van der Waals surface area (Å²) in [5.74, 6) is 0.639. The fraction of sp³-hybridized carbons (Fsp3) is 0.500. The molecular weight excluding hydrogens is 263 g/mol. The van der Waals surface area contributed by atoms with Gasteiger partial charge in [-0.2, -0.15) is 13.2 Å². The summed E-state index contributed by atoms with van der Waals surface area (Å²) in [5.41, 5.74) is 0.174. The molecule has 1 rings (SSSR count). The van der Waals surface area contributed by atoms with Crippen LogP contribution in [0.5, 0.6) is 0 Å². The number of hydrogen-bond donors (Lipinski definition) is 1. The van der Waals surface area contributed by atoms with Crippen molar-refractivity contribution in [3.63, 3.8) is 0 Å². The zero-order valence-electron chi connectivity index (χ0n) is 10.1. The molecule has 0 heterocycles. The smallest absolute Gasteiger partial charge is 0.313 e. The maximum absolute atomic E-state index is 12.3. The van der Waals surface area contributed by atoms with Crippen molar-refractivity contribution in [1.29, 1.82) is 0 Å². The summed E-state index contributed by atoms with van der Waals surface area (Å²) in [5, 5.41) is 3.10. The monoisotopic (exact) mass is 279 g/mol. The Kier molecular flexibility index (Phi) is 5.81. The van der Waals surface area contributed by atoms with Crippen molar-refractivity contribution in [1.82, 2.24) is 5.32 Å². The number of hydrogen-bond acceptors (Lipinski definition) is 2. The molecule has 0 bridgehead atoms. The molecule has 0 spiro atoms. The Morgan fingerprint density at radius 1 is 1.22 bits per heavy atom. The molecule has 0 aliphatic rings. The first-order valence-corrected chi connectivity index (χ1v) is 7.29. The highest BCUT2D eigenvalue weighted by atomic mass is 32.2. The summed E-state index contributed by atoms with van der Waals surface area (Å²) in [6.45, 7) is 1.23. The highest BCUT2D eigenvalue weighted by Gasteiger charge is 2.29. The Labute approximate surface area is 107 Å². The topological polar surface area (TPSA) is 29.1 Å². The SMILES string of the molecule is CS(=O)CCCNCc1ccc(C(F)(F)F)cc1. The van der Waals surface area contributed by atoms with Crippen LogP contribution in [0.15, 0.2) is 24.3 Å². The van der Waals surface area contributed by atoms with Crippen molar-refractivity contribution in [2.45, 2.75) is 19.1 Å². The van der Waals surface area contributed by atoms with Crippen LogP contribution >= 0.6 is 0 Å². The lowest BCUT2D eigenvalue weighted by Gasteiger charge is -2.08. The lowest BCUT2D eigenvalue weighted by Crippen LogP contribution is -2.16. The van der Waals surface area contributed by atoms with Gasteiger partial charge < -0.3 is 5.32 Å². The Morgan fingerprint density at radius 3 is 2.33 bits per heavy atom. The van der Waals surface area contributed by atoms with Gasteiger partial charge in [0, 0.05) is 29.4 Å². The molecule has 1 atom stereocenters. The van der Waals surface area contributed by atoms with E-state index in [1.807, 2.05) is 0 Å².